The Morgan fingerprint density at radius 1 is 1.24 bits per heavy atom. The summed E-state index contributed by atoms with van der Waals surface area (Å²) in [7, 11) is 0. The van der Waals surface area contributed by atoms with Crippen molar-refractivity contribution in [3.63, 3.8) is 0 Å². The minimum Gasteiger partial charge on any atom is -0.502 e. The summed E-state index contributed by atoms with van der Waals surface area (Å²) in [5.74, 6) is -15.4. The third-order valence-corrected chi connectivity index (χ3v) is 7.16. The maximum absolute atomic E-state index is 13.4. The highest BCUT2D eigenvalue weighted by Crippen LogP contribution is 2.55. The molecular weight excluding hydrogens is 442 g/mol. The van der Waals surface area contributed by atoms with Gasteiger partial charge in [0.25, 0.3) is 0 Å². The Labute approximate surface area is 184 Å². The lowest BCUT2D eigenvalue weighted by Gasteiger charge is -2.52. The number of anilines is 1. The molecule has 0 spiro atoms. The minimum absolute atomic E-state index is 0.0369. The molecule has 0 bridgehead atoms. The molecule has 174 valence electrons. The number of fused-ring (bicyclic) bond motifs is 3. The molecule has 7 atom stereocenters. The van der Waals surface area contributed by atoms with Gasteiger partial charge in [-0.25, -0.2) is 0 Å². The fourth-order valence-corrected chi connectivity index (χ4v) is 5.67. The van der Waals surface area contributed by atoms with Crippen molar-refractivity contribution in [1.29, 1.82) is 0 Å². The molecule has 2 unspecified atom stereocenters. The Bertz CT molecular complexity index is 1190. The number of primary amides is 1. The van der Waals surface area contributed by atoms with Crippen molar-refractivity contribution in [2.75, 3.05) is 5.73 Å². The molecule has 0 heterocycles. The van der Waals surface area contributed by atoms with E-state index >= 15 is 0 Å². The molecule has 3 aliphatic rings. The van der Waals surface area contributed by atoms with Crippen molar-refractivity contribution < 1.29 is 44.2 Å². The van der Waals surface area contributed by atoms with E-state index in [2.05, 4.69) is 0 Å². The number of Topliss-reactive ketones (excluding diaryl/α,β-unsaturated/α-hetero) is 4. The van der Waals surface area contributed by atoms with Gasteiger partial charge in [-0.2, -0.15) is 0 Å². The average Bonchev–Trinajstić information content (AvgIpc) is 2.72. The van der Waals surface area contributed by atoms with Crippen molar-refractivity contribution in [3.05, 3.63) is 27.3 Å². The molecule has 0 saturated heterocycles. The van der Waals surface area contributed by atoms with Gasteiger partial charge in [-0.3, -0.25) is 34.1 Å². The second-order valence-electron chi connectivity index (χ2n) is 8.69. The number of phenolic OH excluding ortho intramolecular Hbond substituents is 1. The van der Waals surface area contributed by atoms with Crippen LogP contribution < -0.4 is 11.5 Å². The predicted molar refractivity (Wildman–Crippen MR) is 106 cm³/mol. The molecule has 3 aliphatic carbocycles. The second kappa shape index (κ2) is 6.89. The van der Waals surface area contributed by atoms with Gasteiger partial charge < -0.3 is 26.8 Å². The Hall–Kier alpha value is -3.71. The lowest BCUT2D eigenvalue weighted by atomic mass is 9.50. The predicted octanol–water partition coefficient (Wildman–Crippen LogP) is -1.65. The van der Waals surface area contributed by atoms with Gasteiger partial charge >= 0.3 is 5.69 Å². The van der Waals surface area contributed by atoms with Crippen molar-refractivity contribution in [2.24, 2.45) is 29.4 Å². The molecule has 1 amide bonds. The van der Waals surface area contributed by atoms with Gasteiger partial charge in [0.05, 0.1) is 22.5 Å². The van der Waals surface area contributed by atoms with Crippen LogP contribution in [0.2, 0.25) is 0 Å². The normalized spacial score (nSPS) is 35.5. The van der Waals surface area contributed by atoms with E-state index in [1.165, 1.54) is 6.92 Å². The largest absolute Gasteiger partial charge is 0.502 e. The Balaban J connectivity index is 1.94. The summed E-state index contributed by atoms with van der Waals surface area (Å²) in [6, 6.07) is 0.844. The highest BCUT2D eigenvalue weighted by molar-refractivity contribution is 6.31. The van der Waals surface area contributed by atoms with Crippen LogP contribution in [0.5, 0.6) is 5.75 Å². The number of aromatic hydroxyl groups is 1. The zero-order chi connectivity index (χ0) is 24.7. The number of rotatable bonds is 2. The van der Waals surface area contributed by atoms with Crippen LogP contribution in [-0.4, -0.2) is 61.0 Å². The first-order valence-corrected chi connectivity index (χ1v) is 9.91. The van der Waals surface area contributed by atoms with Crippen LogP contribution in [-0.2, 0) is 19.2 Å². The SMILES string of the molecule is C[C@@H]1c2c(N)cc([N+](=O)[O-])c(O)c2C(=O)C2C(=O)[C@]3(O)C(=O)C(C(N)=O)C(=O)C[C@@H]3[C@@H](O)[C@@H]21. The van der Waals surface area contributed by atoms with Gasteiger partial charge in [-0.15, -0.1) is 0 Å². The smallest absolute Gasteiger partial charge is 0.313 e. The highest BCUT2D eigenvalue weighted by Gasteiger charge is 2.70. The number of hydrogen-bond donors (Lipinski definition) is 5. The van der Waals surface area contributed by atoms with E-state index in [1.54, 1.807) is 0 Å². The van der Waals surface area contributed by atoms with Gasteiger partial charge in [0.15, 0.2) is 34.7 Å². The lowest BCUT2D eigenvalue weighted by molar-refractivity contribution is -0.385. The minimum atomic E-state index is -3.07. The number of hydrogen-bond acceptors (Lipinski definition) is 11. The zero-order valence-electron chi connectivity index (χ0n) is 17.0. The number of ketones is 4. The van der Waals surface area contributed by atoms with Gasteiger partial charge in [-0.1, -0.05) is 6.92 Å². The fraction of sp³-hybridized carbons (Fsp3) is 0.450. The van der Waals surface area contributed by atoms with Crippen LogP contribution in [0.15, 0.2) is 6.07 Å². The number of aliphatic hydroxyl groups is 2. The molecule has 13 nitrogen and oxygen atoms in total. The Morgan fingerprint density at radius 3 is 2.39 bits per heavy atom. The molecule has 1 aromatic rings. The number of aliphatic hydroxyl groups excluding tert-OH is 1. The number of nitrogens with zero attached hydrogens (tertiary/aromatic N) is 1. The van der Waals surface area contributed by atoms with Crippen LogP contribution >= 0.6 is 0 Å². The summed E-state index contributed by atoms with van der Waals surface area (Å²) in [5, 5.41) is 43.9. The van der Waals surface area contributed by atoms with Crippen LogP contribution in [0, 0.1) is 33.8 Å². The number of nitrogens with two attached hydrogens (primary N) is 2. The Kier molecular flexibility index (Phi) is 4.70. The first-order chi connectivity index (χ1) is 15.3. The van der Waals surface area contributed by atoms with Gasteiger partial charge in [-0.05, 0) is 11.5 Å². The molecule has 13 heteroatoms. The lowest BCUT2D eigenvalue weighted by Crippen LogP contribution is -2.72. The number of nitrogen functional groups attached to an aromatic ring is 1. The summed E-state index contributed by atoms with van der Waals surface area (Å²) < 4.78 is 0. The van der Waals surface area contributed by atoms with Crippen LogP contribution in [0.3, 0.4) is 0 Å². The average molecular weight is 461 g/mol. The van der Waals surface area contributed by atoms with Crippen molar-refractivity contribution in [2.45, 2.75) is 31.0 Å². The van der Waals surface area contributed by atoms with E-state index in [1.807, 2.05) is 0 Å². The molecule has 0 aromatic heterocycles. The maximum Gasteiger partial charge on any atom is 0.313 e. The van der Waals surface area contributed by atoms with E-state index in [4.69, 9.17) is 11.5 Å². The molecule has 2 saturated carbocycles. The first kappa shape index (κ1) is 22.5. The molecule has 1 aromatic carbocycles. The van der Waals surface area contributed by atoms with Crippen molar-refractivity contribution >= 4 is 40.4 Å². The van der Waals surface area contributed by atoms with E-state index in [0.29, 0.717) is 0 Å². The summed E-state index contributed by atoms with van der Waals surface area (Å²) in [5.41, 5.74) is 6.15. The molecule has 7 N–H and O–H groups in total. The van der Waals surface area contributed by atoms with Crippen molar-refractivity contribution in [3.8, 4) is 5.75 Å². The van der Waals surface area contributed by atoms with E-state index < -0.39 is 98.7 Å². The zero-order valence-corrected chi connectivity index (χ0v) is 17.0. The van der Waals surface area contributed by atoms with Gasteiger partial charge in [0.1, 0.15) is 0 Å². The van der Waals surface area contributed by atoms with E-state index in [-0.39, 0.29) is 11.3 Å². The first-order valence-electron chi connectivity index (χ1n) is 9.91. The standard InChI is InChI=1S/C20H19N3O10/c1-4-9-6(21)3-7(23(32)33)15(26)12(9)16(27)13-10(4)14(25)5-2-8(24)11(19(22)30)17(28)20(5,31)18(13)29/h3-5,10-11,13-14,25-26,31H,2,21H2,1H3,(H2,22,30)/t4-,5-,10-,11?,13?,14-,20-/m1/s1. The number of phenols is 1. The molecule has 0 aliphatic heterocycles. The number of carbonyl (C=O) groups excluding carboxylic acids is 5. The summed E-state index contributed by atoms with van der Waals surface area (Å²) >= 11 is 0. The van der Waals surface area contributed by atoms with Crippen molar-refractivity contribution in [1.82, 2.24) is 0 Å². The topological polar surface area (TPSA) is 241 Å². The molecule has 33 heavy (non-hydrogen) atoms. The summed E-state index contributed by atoms with van der Waals surface area (Å²) in [6.07, 6.45) is -2.47. The van der Waals surface area contributed by atoms with E-state index in [0.717, 1.165) is 6.07 Å². The summed E-state index contributed by atoms with van der Waals surface area (Å²) in [6.45, 7) is 1.45. The van der Waals surface area contributed by atoms with E-state index in [9.17, 15) is 49.4 Å². The van der Waals surface area contributed by atoms with Crippen LogP contribution in [0.25, 0.3) is 0 Å². The fourth-order valence-electron chi connectivity index (χ4n) is 5.67. The molecular formula is C20H19N3O10. The number of nitro benzene ring substituents is 1. The van der Waals surface area contributed by atoms with Crippen LogP contribution in [0.1, 0.15) is 35.2 Å². The molecule has 4 rings (SSSR count). The number of nitro groups is 1. The van der Waals surface area contributed by atoms with Crippen LogP contribution in [0.4, 0.5) is 11.4 Å². The number of amides is 1. The number of benzene rings is 1. The third-order valence-electron chi connectivity index (χ3n) is 7.16. The monoisotopic (exact) mass is 461 g/mol. The summed E-state index contributed by atoms with van der Waals surface area (Å²) in [4.78, 5) is 74.0. The van der Waals surface area contributed by atoms with Gasteiger partial charge in [0, 0.05) is 30.0 Å². The quantitative estimate of drug-likeness (QED) is 0.110. The van der Waals surface area contributed by atoms with Gasteiger partial charge in [0.2, 0.25) is 11.7 Å². The highest BCUT2D eigenvalue weighted by atomic mass is 16.6. The Morgan fingerprint density at radius 2 is 1.85 bits per heavy atom. The molecule has 0 radical (unpaired) electrons. The number of carbonyl (C=O) groups is 5. The maximum atomic E-state index is 13.4. The molecule has 2 fully saturated rings. The second-order valence-corrected chi connectivity index (χ2v) is 8.69. The third kappa shape index (κ3) is 2.63.